The summed E-state index contributed by atoms with van der Waals surface area (Å²) in [6.07, 6.45) is 1.15. The standard InChI is InChI=1S/C16H21N3.C2HF3O2/c1-13(14-9-5-4-6-10-14)16-18-17-15-11-7-2-3-8-12-19(15)16;3-2(4,5)1(6)7/h4-6,9-10,13H,2-3,7-8,11-12H2,1H3;(H,6,7)/t13-;/m1./s1. The van der Waals surface area contributed by atoms with Crippen LogP contribution in [0.2, 0.25) is 0 Å². The van der Waals surface area contributed by atoms with Crippen LogP contribution in [0.1, 0.15) is 55.7 Å². The molecule has 0 radical (unpaired) electrons. The fourth-order valence-electron chi connectivity index (χ4n) is 2.90. The number of fused-ring (bicyclic) bond motifs is 1. The molecular formula is C18H22F3N3O2. The largest absolute Gasteiger partial charge is 0.490 e. The number of benzene rings is 1. The summed E-state index contributed by atoms with van der Waals surface area (Å²) < 4.78 is 34.1. The molecule has 3 rings (SSSR count). The van der Waals surface area contributed by atoms with Crippen molar-refractivity contribution in [3.8, 4) is 0 Å². The van der Waals surface area contributed by atoms with E-state index in [1.807, 2.05) is 0 Å². The number of aromatic nitrogens is 3. The maximum absolute atomic E-state index is 10.6. The maximum Gasteiger partial charge on any atom is 0.490 e. The normalized spacial score (nSPS) is 15.7. The molecule has 26 heavy (non-hydrogen) atoms. The third kappa shape index (κ3) is 5.31. The van der Waals surface area contributed by atoms with Gasteiger partial charge in [-0.05, 0) is 18.4 Å². The molecule has 0 amide bonds. The van der Waals surface area contributed by atoms with Gasteiger partial charge in [-0.25, -0.2) is 4.79 Å². The molecule has 8 heteroatoms. The molecule has 1 atom stereocenters. The van der Waals surface area contributed by atoms with E-state index in [1.165, 1.54) is 37.1 Å². The van der Waals surface area contributed by atoms with Crippen molar-refractivity contribution in [1.29, 1.82) is 0 Å². The molecule has 0 saturated heterocycles. The summed E-state index contributed by atoms with van der Waals surface area (Å²) in [5, 5.41) is 16.0. The topological polar surface area (TPSA) is 68.0 Å². The van der Waals surface area contributed by atoms with E-state index in [-0.39, 0.29) is 0 Å². The number of hydrogen-bond donors (Lipinski definition) is 1. The van der Waals surface area contributed by atoms with E-state index in [9.17, 15) is 13.2 Å². The van der Waals surface area contributed by atoms with Crippen molar-refractivity contribution in [3.63, 3.8) is 0 Å². The number of aryl methyl sites for hydroxylation is 1. The third-order valence-electron chi connectivity index (χ3n) is 4.32. The fourth-order valence-corrected chi connectivity index (χ4v) is 2.90. The average molecular weight is 369 g/mol. The van der Waals surface area contributed by atoms with Gasteiger partial charge in [-0.2, -0.15) is 13.2 Å². The third-order valence-corrected chi connectivity index (χ3v) is 4.32. The zero-order chi connectivity index (χ0) is 19.2. The van der Waals surface area contributed by atoms with E-state index in [2.05, 4.69) is 52.0 Å². The number of rotatable bonds is 2. The molecule has 2 aromatic rings. The zero-order valence-corrected chi connectivity index (χ0v) is 14.5. The molecule has 2 heterocycles. The van der Waals surface area contributed by atoms with Crippen LogP contribution in [0, 0.1) is 0 Å². The minimum absolute atomic E-state index is 0.321. The van der Waals surface area contributed by atoms with E-state index in [0.717, 1.165) is 18.8 Å². The Bertz CT molecular complexity index is 714. The summed E-state index contributed by atoms with van der Waals surface area (Å²) >= 11 is 0. The first-order valence-electron chi connectivity index (χ1n) is 8.57. The second kappa shape index (κ2) is 8.82. The molecule has 0 spiro atoms. The lowest BCUT2D eigenvalue weighted by atomic mass is 10.00. The Morgan fingerprint density at radius 3 is 2.35 bits per heavy atom. The minimum Gasteiger partial charge on any atom is -0.475 e. The Morgan fingerprint density at radius 1 is 1.12 bits per heavy atom. The fraction of sp³-hybridized carbons (Fsp3) is 0.500. The van der Waals surface area contributed by atoms with Gasteiger partial charge >= 0.3 is 12.1 Å². The van der Waals surface area contributed by atoms with E-state index in [4.69, 9.17) is 9.90 Å². The minimum atomic E-state index is -5.08. The first-order valence-corrected chi connectivity index (χ1v) is 8.57. The van der Waals surface area contributed by atoms with Crippen LogP contribution >= 0.6 is 0 Å². The predicted molar refractivity (Wildman–Crippen MR) is 89.8 cm³/mol. The number of nitrogens with zero attached hydrogens (tertiary/aromatic N) is 3. The summed E-state index contributed by atoms with van der Waals surface area (Å²) in [6.45, 7) is 3.31. The number of aliphatic carboxylic acids is 1. The molecule has 5 nitrogen and oxygen atoms in total. The Morgan fingerprint density at radius 2 is 1.73 bits per heavy atom. The first-order chi connectivity index (χ1) is 12.3. The van der Waals surface area contributed by atoms with E-state index in [1.54, 1.807) is 0 Å². The number of carboxylic acid groups (broad SMARTS) is 1. The number of carboxylic acids is 1. The van der Waals surface area contributed by atoms with E-state index in [0.29, 0.717) is 5.92 Å². The predicted octanol–water partition coefficient (Wildman–Crippen LogP) is 4.18. The second-order valence-electron chi connectivity index (χ2n) is 6.23. The average Bonchev–Trinajstić information content (AvgIpc) is 2.96. The van der Waals surface area contributed by atoms with Crippen LogP contribution in [0.25, 0.3) is 0 Å². The molecule has 0 unspecified atom stereocenters. The van der Waals surface area contributed by atoms with Gasteiger partial charge in [-0.15, -0.1) is 10.2 Å². The Hall–Kier alpha value is -2.38. The lowest BCUT2D eigenvalue weighted by Crippen LogP contribution is -2.21. The van der Waals surface area contributed by atoms with Crippen LogP contribution in [0.4, 0.5) is 13.2 Å². The Labute approximate surface area is 149 Å². The van der Waals surface area contributed by atoms with Gasteiger partial charge in [0.25, 0.3) is 0 Å². The monoisotopic (exact) mass is 369 g/mol. The molecule has 1 aromatic carbocycles. The Balaban J connectivity index is 0.000000298. The molecule has 0 aliphatic carbocycles. The lowest BCUT2D eigenvalue weighted by Gasteiger charge is -2.17. The summed E-state index contributed by atoms with van der Waals surface area (Å²) in [5.41, 5.74) is 1.32. The van der Waals surface area contributed by atoms with Gasteiger partial charge in [0.05, 0.1) is 0 Å². The van der Waals surface area contributed by atoms with Crippen molar-refractivity contribution in [2.75, 3.05) is 0 Å². The molecule has 0 saturated carbocycles. The molecular weight excluding hydrogens is 347 g/mol. The van der Waals surface area contributed by atoms with Crippen LogP contribution in [0.15, 0.2) is 30.3 Å². The van der Waals surface area contributed by atoms with Crippen molar-refractivity contribution in [2.24, 2.45) is 0 Å². The summed E-state index contributed by atoms with van der Waals surface area (Å²) in [6, 6.07) is 10.6. The highest BCUT2D eigenvalue weighted by molar-refractivity contribution is 5.73. The van der Waals surface area contributed by atoms with Crippen LogP contribution in [0.3, 0.4) is 0 Å². The SMILES string of the molecule is C[C@H](c1ccccc1)c1nnc2n1CCCCCC2.O=C(O)C(F)(F)F. The number of carbonyl (C=O) groups is 1. The maximum atomic E-state index is 10.6. The smallest absolute Gasteiger partial charge is 0.475 e. The molecule has 1 aromatic heterocycles. The highest BCUT2D eigenvalue weighted by atomic mass is 19.4. The van der Waals surface area contributed by atoms with Gasteiger partial charge < -0.3 is 9.67 Å². The highest BCUT2D eigenvalue weighted by Gasteiger charge is 2.38. The van der Waals surface area contributed by atoms with Gasteiger partial charge in [0.1, 0.15) is 11.6 Å². The lowest BCUT2D eigenvalue weighted by molar-refractivity contribution is -0.192. The van der Waals surface area contributed by atoms with Gasteiger partial charge in [-0.1, -0.05) is 50.1 Å². The molecule has 1 N–H and O–H groups in total. The van der Waals surface area contributed by atoms with Gasteiger partial charge in [0.2, 0.25) is 0 Å². The summed E-state index contributed by atoms with van der Waals surface area (Å²) in [4.78, 5) is 8.90. The van der Waals surface area contributed by atoms with Gasteiger partial charge in [0, 0.05) is 18.9 Å². The molecule has 0 bridgehead atoms. The van der Waals surface area contributed by atoms with Gasteiger partial charge in [-0.3, -0.25) is 0 Å². The van der Waals surface area contributed by atoms with Crippen molar-refractivity contribution in [1.82, 2.24) is 14.8 Å². The van der Waals surface area contributed by atoms with Crippen molar-refractivity contribution >= 4 is 5.97 Å². The number of halogens is 3. The quantitative estimate of drug-likeness (QED) is 0.862. The number of hydrogen-bond acceptors (Lipinski definition) is 3. The molecule has 1 aliphatic rings. The molecule has 142 valence electrons. The molecule has 0 fully saturated rings. The summed E-state index contributed by atoms with van der Waals surface area (Å²) in [5.74, 6) is -0.130. The first kappa shape index (κ1) is 19.9. The highest BCUT2D eigenvalue weighted by Crippen LogP contribution is 2.25. The van der Waals surface area contributed by atoms with Gasteiger partial charge in [0.15, 0.2) is 0 Å². The van der Waals surface area contributed by atoms with Crippen LogP contribution in [-0.4, -0.2) is 32.0 Å². The van der Waals surface area contributed by atoms with E-state index >= 15 is 0 Å². The van der Waals surface area contributed by atoms with Crippen LogP contribution in [-0.2, 0) is 17.8 Å². The van der Waals surface area contributed by atoms with Crippen LogP contribution < -0.4 is 0 Å². The second-order valence-corrected chi connectivity index (χ2v) is 6.23. The van der Waals surface area contributed by atoms with Crippen LogP contribution in [0.5, 0.6) is 0 Å². The zero-order valence-electron chi connectivity index (χ0n) is 14.5. The molecule has 1 aliphatic heterocycles. The van der Waals surface area contributed by atoms with Crippen molar-refractivity contribution in [2.45, 2.75) is 57.7 Å². The Kier molecular flexibility index (Phi) is 6.76. The summed E-state index contributed by atoms with van der Waals surface area (Å²) in [7, 11) is 0. The van der Waals surface area contributed by atoms with Crippen molar-refractivity contribution in [3.05, 3.63) is 47.5 Å². The van der Waals surface area contributed by atoms with E-state index < -0.39 is 12.1 Å². The number of alkyl halides is 3. The van der Waals surface area contributed by atoms with Crippen molar-refractivity contribution < 1.29 is 23.1 Å².